The van der Waals surface area contributed by atoms with E-state index in [1.165, 1.54) is 6.08 Å². The molecule has 0 saturated carbocycles. The SMILES string of the molecule is CCCN(CC)c1cc(N=C=O)ccn1. The molecule has 1 rings (SSSR count). The summed E-state index contributed by atoms with van der Waals surface area (Å²) in [6, 6.07) is 3.48. The maximum atomic E-state index is 10.1. The molecule has 4 nitrogen and oxygen atoms in total. The maximum absolute atomic E-state index is 10.1. The number of aliphatic imine (C=N–C) groups is 1. The van der Waals surface area contributed by atoms with Crippen LogP contribution in [0.15, 0.2) is 23.3 Å². The average Bonchev–Trinajstić information content (AvgIpc) is 2.27. The lowest BCUT2D eigenvalue weighted by molar-refractivity contribution is 0.565. The monoisotopic (exact) mass is 205 g/mol. The van der Waals surface area contributed by atoms with Crippen LogP contribution >= 0.6 is 0 Å². The van der Waals surface area contributed by atoms with Crippen LogP contribution in [-0.2, 0) is 4.79 Å². The van der Waals surface area contributed by atoms with Gasteiger partial charge in [-0.15, -0.1) is 0 Å². The van der Waals surface area contributed by atoms with Gasteiger partial charge in [0.2, 0.25) is 6.08 Å². The number of nitrogens with zero attached hydrogens (tertiary/aromatic N) is 3. The highest BCUT2D eigenvalue weighted by Crippen LogP contribution is 2.18. The van der Waals surface area contributed by atoms with Gasteiger partial charge in [0.05, 0.1) is 5.69 Å². The van der Waals surface area contributed by atoms with Crippen molar-refractivity contribution in [1.29, 1.82) is 0 Å². The topological polar surface area (TPSA) is 45.6 Å². The number of isocyanates is 1. The van der Waals surface area contributed by atoms with E-state index in [4.69, 9.17) is 0 Å². The molecule has 1 aromatic heterocycles. The van der Waals surface area contributed by atoms with Crippen LogP contribution in [0.5, 0.6) is 0 Å². The van der Waals surface area contributed by atoms with Crippen molar-refractivity contribution < 1.29 is 4.79 Å². The van der Waals surface area contributed by atoms with Crippen LogP contribution in [0.1, 0.15) is 20.3 Å². The Bertz CT molecular complexity index is 359. The smallest absolute Gasteiger partial charge is 0.240 e. The van der Waals surface area contributed by atoms with Crippen molar-refractivity contribution in [2.75, 3.05) is 18.0 Å². The fourth-order valence-electron chi connectivity index (χ4n) is 1.41. The molecule has 80 valence electrons. The quantitative estimate of drug-likeness (QED) is 0.547. The zero-order valence-electron chi connectivity index (χ0n) is 9.10. The van der Waals surface area contributed by atoms with Crippen LogP contribution in [0, 0.1) is 0 Å². The summed E-state index contributed by atoms with van der Waals surface area (Å²) in [6.45, 7) is 6.05. The number of hydrogen-bond acceptors (Lipinski definition) is 4. The van der Waals surface area contributed by atoms with Gasteiger partial charge in [0.15, 0.2) is 0 Å². The van der Waals surface area contributed by atoms with E-state index in [9.17, 15) is 4.79 Å². The van der Waals surface area contributed by atoms with E-state index in [1.807, 2.05) is 0 Å². The molecular weight excluding hydrogens is 190 g/mol. The van der Waals surface area contributed by atoms with Gasteiger partial charge < -0.3 is 4.90 Å². The molecule has 0 aliphatic heterocycles. The Hall–Kier alpha value is -1.67. The molecule has 0 aliphatic rings. The minimum Gasteiger partial charge on any atom is -0.357 e. The molecule has 0 radical (unpaired) electrons. The summed E-state index contributed by atoms with van der Waals surface area (Å²) < 4.78 is 0. The zero-order valence-corrected chi connectivity index (χ0v) is 9.10. The molecular formula is C11H15N3O. The molecule has 0 amide bonds. The second-order valence-electron chi connectivity index (χ2n) is 3.15. The predicted molar refractivity (Wildman–Crippen MR) is 60.2 cm³/mol. The van der Waals surface area contributed by atoms with Gasteiger partial charge in [-0.05, 0) is 19.4 Å². The van der Waals surface area contributed by atoms with Crippen molar-refractivity contribution in [3.05, 3.63) is 18.3 Å². The molecule has 4 heteroatoms. The number of rotatable bonds is 5. The zero-order chi connectivity index (χ0) is 11.1. The summed E-state index contributed by atoms with van der Waals surface area (Å²) in [6.07, 6.45) is 4.25. The maximum Gasteiger partial charge on any atom is 0.240 e. The lowest BCUT2D eigenvalue weighted by Gasteiger charge is -2.20. The van der Waals surface area contributed by atoms with Gasteiger partial charge in [0, 0.05) is 25.4 Å². The van der Waals surface area contributed by atoms with Crippen LogP contribution in [0.2, 0.25) is 0 Å². The van der Waals surface area contributed by atoms with Gasteiger partial charge in [-0.1, -0.05) is 6.92 Å². The first-order valence-electron chi connectivity index (χ1n) is 5.10. The molecule has 0 spiro atoms. The Morgan fingerprint density at radius 2 is 2.33 bits per heavy atom. The van der Waals surface area contributed by atoms with Crippen LogP contribution in [0.25, 0.3) is 0 Å². The fourth-order valence-corrected chi connectivity index (χ4v) is 1.41. The van der Waals surface area contributed by atoms with E-state index in [-0.39, 0.29) is 0 Å². The Kier molecular flexibility index (Phi) is 4.51. The summed E-state index contributed by atoms with van der Waals surface area (Å²) in [5.41, 5.74) is 0.601. The summed E-state index contributed by atoms with van der Waals surface area (Å²) in [4.78, 5) is 20.1. The molecule has 1 heterocycles. The third-order valence-electron chi connectivity index (χ3n) is 2.10. The molecule has 0 fully saturated rings. The molecule has 15 heavy (non-hydrogen) atoms. The molecule has 0 atom stereocenters. The van der Waals surface area contributed by atoms with Crippen LogP contribution < -0.4 is 4.90 Å². The summed E-state index contributed by atoms with van der Waals surface area (Å²) in [5.74, 6) is 0.857. The summed E-state index contributed by atoms with van der Waals surface area (Å²) in [7, 11) is 0. The second-order valence-corrected chi connectivity index (χ2v) is 3.15. The first kappa shape index (κ1) is 11.4. The highest BCUT2D eigenvalue weighted by Gasteiger charge is 2.04. The van der Waals surface area contributed by atoms with E-state index in [1.54, 1.807) is 18.3 Å². The van der Waals surface area contributed by atoms with Crippen LogP contribution in [0.4, 0.5) is 11.5 Å². The van der Waals surface area contributed by atoms with Crippen LogP contribution in [-0.4, -0.2) is 24.2 Å². The molecule has 0 aliphatic carbocycles. The Labute approximate surface area is 89.7 Å². The number of aromatic nitrogens is 1. The number of anilines is 1. The van der Waals surface area contributed by atoms with Crippen molar-refractivity contribution in [2.24, 2.45) is 4.99 Å². The van der Waals surface area contributed by atoms with E-state index < -0.39 is 0 Å². The molecule has 0 N–H and O–H groups in total. The predicted octanol–water partition coefficient (Wildman–Crippen LogP) is 2.29. The Morgan fingerprint density at radius 3 is 2.93 bits per heavy atom. The first-order chi connectivity index (χ1) is 7.31. The first-order valence-corrected chi connectivity index (χ1v) is 5.10. The largest absolute Gasteiger partial charge is 0.357 e. The summed E-state index contributed by atoms with van der Waals surface area (Å²) >= 11 is 0. The molecule has 0 aromatic carbocycles. The van der Waals surface area contributed by atoms with Crippen molar-refractivity contribution in [3.63, 3.8) is 0 Å². The average molecular weight is 205 g/mol. The second kappa shape index (κ2) is 5.94. The van der Waals surface area contributed by atoms with Crippen molar-refractivity contribution in [1.82, 2.24) is 4.98 Å². The number of hydrogen-bond donors (Lipinski definition) is 0. The number of pyridine rings is 1. The Morgan fingerprint density at radius 1 is 1.53 bits per heavy atom. The van der Waals surface area contributed by atoms with E-state index in [2.05, 4.69) is 28.7 Å². The van der Waals surface area contributed by atoms with Crippen LogP contribution in [0.3, 0.4) is 0 Å². The summed E-state index contributed by atoms with van der Waals surface area (Å²) in [5, 5.41) is 0. The Balaban J connectivity index is 2.91. The normalized spacial score (nSPS) is 9.47. The van der Waals surface area contributed by atoms with Gasteiger partial charge in [-0.2, -0.15) is 4.99 Å². The van der Waals surface area contributed by atoms with Crippen molar-refractivity contribution in [3.8, 4) is 0 Å². The van der Waals surface area contributed by atoms with Gasteiger partial charge in [-0.25, -0.2) is 9.78 Å². The van der Waals surface area contributed by atoms with E-state index >= 15 is 0 Å². The minimum absolute atomic E-state index is 0.601. The lowest BCUT2D eigenvalue weighted by Crippen LogP contribution is -2.24. The van der Waals surface area contributed by atoms with Gasteiger partial charge >= 0.3 is 0 Å². The highest BCUT2D eigenvalue weighted by molar-refractivity contribution is 5.54. The van der Waals surface area contributed by atoms with Gasteiger partial charge in [0.1, 0.15) is 5.82 Å². The molecule has 0 unspecified atom stereocenters. The third kappa shape index (κ3) is 3.18. The van der Waals surface area contributed by atoms with Gasteiger partial charge in [-0.3, -0.25) is 0 Å². The molecule has 0 saturated heterocycles. The standard InChI is InChI=1S/C11H15N3O/c1-3-7-14(4-2)11-8-10(13-9-15)5-6-12-11/h5-6,8H,3-4,7H2,1-2H3. The molecule has 1 aromatic rings. The number of carbonyl (C=O) groups excluding carboxylic acids is 1. The van der Waals surface area contributed by atoms with Crippen molar-refractivity contribution in [2.45, 2.75) is 20.3 Å². The lowest BCUT2D eigenvalue weighted by atomic mass is 10.3. The fraction of sp³-hybridized carbons (Fsp3) is 0.455. The minimum atomic E-state index is 0.601. The van der Waals surface area contributed by atoms with E-state index in [0.717, 1.165) is 25.3 Å². The van der Waals surface area contributed by atoms with E-state index in [0.29, 0.717) is 5.69 Å². The molecule has 0 bridgehead atoms. The van der Waals surface area contributed by atoms with Gasteiger partial charge in [0.25, 0.3) is 0 Å². The third-order valence-corrected chi connectivity index (χ3v) is 2.10. The highest BCUT2D eigenvalue weighted by atomic mass is 16.1. The van der Waals surface area contributed by atoms with Crippen molar-refractivity contribution >= 4 is 17.6 Å².